The Morgan fingerprint density at radius 3 is 2.42 bits per heavy atom. The maximum atomic E-state index is 12.2. The van der Waals surface area contributed by atoms with E-state index in [-0.39, 0.29) is 18.7 Å². The summed E-state index contributed by atoms with van der Waals surface area (Å²) in [4.78, 5) is 24.9. The van der Waals surface area contributed by atoms with Gasteiger partial charge in [0.15, 0.2) is 0 Å². The normalized spacial score (nSPS) is 13.0. The molecule has 0 aliphatic rings. The second kappa shape index (κ2) is 12.5. The maximum absolute atomic E-state index is 12.2. The zero-order chi connectivity index (χ0) is 19.4. The van der Waals surface area contributed by atoms with Crippen LogP contribution in [0, 0.1) is 0 Å². The van der Waals surface area contributed by atoms with Crippen LogP contribution < -0.4 is 0 Å². The van der Waals surface area contributed by atoms with Crippen molar-refractivity contribution in [3.63, 3.8) is 0 Å². The molecule has 1 amide bonds. The van der Waals surface area contributed by atoms with E-state index in [9.17, 15) is 18.9 Å². The molecule has 26 heavy (non-hydrogen) atoms. The van der Waals surface area contributed by atoms with E-state index in [0.717, 1.165) is 36.1 Å². The van der Waals surface area contributed by atoms with Crippen molar-refractivity contribution in [3.8, 4) is 0 Å². The number of unbranched alkanes of at least 4 members (excludes halogenated alkanes) is 3. The molecule has 1 rings (SSSR count). The minimum Gasteiger partial charge on any atom is -0.467 e. The summed E-state index contributed by atoms with van der Waals surface area (Å²) >= 11 is 0. The van der Waals surface area contributed by atoms with E-state index in [1.165, 1.54) is 7.11 Å². The third-order valence-electron chi connectivity index (χ3n) is 4.14. The molecule has 0 saturated heterocycles. The number of benzene rings is 1. The molecular formula is C19H29NO5S. The lowest BCUT2D eigenvalue weighted by molar-refractivity contribution is -0.146. The molecule has 0 fully saturated rings. The van der Waals surface area contributed by atoms with Crippen LogP contribution in [0.3, 0.4) is 0 Å². The van der Waals surface area contributed by atoms with Crippen molar-refractivity contribution in [1.82, 2.24) is 4.90 Å². The number of carbonyl (C=O) groups excluding carboxylic acids is 1. The molecule has 0 aliphatic heterocycles. The Hall–Kier alpha value is -1.89. The molecule has 0 aliphatic carbocycles. The van der Waals surface area contributed by atoms with Crippen LogP contribution in [0.4, 0.5) is 4.79 Å². The first kappa shape index (κ1) is 22.2. The summed E-state index contributed by atoms with van der Waals surface area (Å²) in [6.07, 6.45) is 3.15. The molecule has 1 N–H and O–H groups in total. The standard InChI is InChI=1S/C19H29NO5S/c1-3-4-5-9-13-26(24)14-12-17(18(21)25-2)20(19(22)23)15-16-10-7-6-8-11-16/h6-8,10-11,17H,3-5,9,12-15H2,1-2H3,(H,22,23)/t17?,26-/m0/s1. The van der Waals surface area contributed by atoms with Gasteiger partial charge in [0.1, 0.15) is 6.04 Å². The van der Waals surface area contributed by atoms with Gasteiger partial charge in [-0.25, -0.2) is 9.59 Å². The second-order valence-corrected chi connectivity index (χ2v) is 7.83. The Bertz CT molecular complexity index is 579. The number of hydrogen-bond donors (Lipinski definition) is 1. The Kier molecular flexibility index (Phi) is 10.6. The van der Waals surface area contributed by atoms with Gasteiger partial charge >= 0.3 is 12.1 Å². The van der Waals surface area contributed by atoms with Gasteiger partial charge in [-0.1, -0.05) is 56.5 Å². The molecule has 2 atom stereocenters. The molecule has 1 unspecified atom stereocenters. The molecule has 0 saturated carbocycles. The van der Waals surface area contributed by atoms with Crippen molar-refractivity contribution in [2.45, 2.75) is 51.6 Å². The van der Waals surface area contributed by atoms with Gasteiger partial charge in [-0.3, -0.25) is 9.11 Å². The highest BCUT2D eigenvalue weighted by atomic mass is 32.2. The predicted molar refractivity (Wildman–Crippen MR) is 102 cm³/mol. The molecule has 146 valence electrons. The highest BCUT2D eigenvalue weighted by Crippen LogP contribution is 2.14. The van der Waals surface area contributed by atoms with Gasteiger partial charge in [-0.05, 0) is 18.4 Å². The molecule has 0 radical (unpaired) electrons. The molecule has 0 bridgehead atoms. The highest BCUT2D eigenvalue weighted by Gasteiger charge is 2.31. The number of carboxylic acid groups (broad SMARTS) is 1. The lowest BCUT2D eigenvalue weighted by Crippen LogP contribution is -2.45. The number of nitrogens with zero attached hydrogens (tertiary/aromatic N) is 1. The first-order valence-corrected chi connectivity index (χ1v) is 10.4. The zero-order valence-corrected chi connectivity index (χ0v) is 16.4. The number of hydrogen-bond acceptors (Lipinski definition) is 4. The number of amides is 1. The Morgan fingerprint density at radius 2 is 1.85 bits per heavy atom. The summed E-state index contributed by atoms with van der Waals surface area (Å²) in [6.45, 7) is 2.20. The van der Waals surface area contributed by atoms with Crippen molar-refractivity contribution in [1.29, 1.82) is 0 Å². The van der Waals surface area contributed by atoms with Gasteiger partial charge in [0, 0.05) is 28.9 Å². The van der Waals surface area contributed by atoms with Crippen molar-refractivity contribution in [3.05, 3.63) is 35.9 Å². The van der Waals surface area contributed by atoms with Crippen molar-refractivity contribution >= 4 is 22.9 Å². The van der Waals surface area contributed by atoms with Gasteiger partial charge in [0.05, 0.1) is 7.11 Å². The molecule has 1 aromatic carbocycles. The summed E-state index contributed by atoms with van der Waals surface area (Å²) in [5.41, 5.74) is 0.782. The zero-order valence-electron chi connectivity index (χ0n) is 15.6. The molecular weight excluding hydrogens is 354 g/mol. The number of ether oxygens (including phenoxy) is 1. The van der Waals surface area contributed by atoms with Gasteiger partial charge in [0.25, 0.3) is 0 Å². The number of carbonyl (C=O) groups is 2. The maximum Gasteiger partial charge on any atom is 0.408 e. The van der Waals surface area contributed by atoms with Crippen LogP contribution in [-0.2, 0) is 26.9 Å². The lowest BCUT2D eigenvalue weighted by atomic mass is 10.1. The van der Waals surface area contributed by atoms with Gasteiger partial charge in [0.2, 0.25) is 0 Å². The molecule has 0 heterocycles. The number of rotatable bonds is 12. The Morgan fingerprint density at radius 1 is 1.15 bits per heavy atom. The Balaban J connectivity index is 2.71. The van der Waals surface area contributed by atoms with Crippen molar-refractivity contribution in [2.24, 2.45) is 0 Å². The van der Waals surface area contributed by atoms with Gasteiger partial charge in [-0.15, -0.1) is 0 Å². The minimum atomic E-state index is -1.20. The Labute approximate surface area is 158 Å². The van der Waals surface area contributed by atoms with E-state index in [0.29, 0.717) is 5.75 Å². The predicted octanol–water partition coefficient (Wildman–Crippen LogP) is 3.43. The second-order valence-electron chi connectivity index (χ2n) is 6.13. The van der Waals surface area contributed by atoms with Crippen LogP contribution in [0.5, 0.6) is 0 Å². The van der Waals surface area contributed by atoms with Crippen LogP contribution in [0.15, 0.2) is 30.3 Å². The van der Waals surface area contributed by atoms with Crippen molar-refractivity contribution in [2.75, 3.05) is 18.6 Å². The average Bonchev–Trinajstić information content (AvgIpc) is 2.64. The van der Waals surface area contributed by atoms with E-state index >= 15 is 0 Å². The monoisotopic (exact) mass is 383 g/mol. The number of esters is 1. The summed E-state index contributed by atoms with van der Waals surface area (Å²) in [5.74, 6) is 0.246. The van der Waals surface area contributed by atoms with Crippen LogP contribution in [0.1, 0.15) is 44.6 Å². The third-order valence-corrected chi connectivity index (χ3v) is 5.57. The average molecular weight is 384 g/mol. The van der Waals surface area contributed by atoms with Crippen LogP contribution in [0.25, 0.3) is 0 Å². The van der Waals surface area contributed by atoms with Gasteiger partial charge < -0.3 is 9.84 Å². The molecule has 1 aromatic rings. The minimum absolute atomic E-state index is 0.0824. The topological polar surface area (TPSA) is 83.9 Å². The van der Waals surface area contributed by atoms with E-state index in [1.807, 2.05) is 18.2 Å². The molecule has 6 nitrogen and oxygen atoms in total. The summed E-state index contributed by atoms with van der Waals surface area (Å²) < 4.78 is 16.9. The van der Waals surface area contributed by atoms with E-state index < -0.39 is 28.9 Å². The van der Waals surface area contributed by atoms with E-state index in [2.05, 4.69) is 6.92 Å². The molecule has 7 heteroatoms. The van der Waals surface area contributed by atoms with Crippen LogP contribution in [0.2, 0.25) is 0 Å². The van der Waals surface area contributed by atoms with E-state index in [1.54, 1.807) is 12.1 Å². The van der Waals surface area contributed by atoms with E-state index in [4.69, 9.17) is 4.74 Å². The fourth-order valence-corrected chi connectivity index (χ4v) is 3.88. The lowest BCUT2D eigenvalue weighted by Gasteiger charge is -2.27. The van der Waals surface area contributed by atoms with Gasteiger partial charge in [-0.2, -0.15) is 0 Å². The highest BCUT2D eigenvalue weighted by molar-refractivity contribution is 7.84. The quantitative estimate of drug-likeness (QED) is 0.442. The summed E-state index contributed by atoms with van der Waals surface area (Å²) in [7, 11) is 0.169. The first-order valence-electron chi connectivity index (χ1n) is 8.95. The smallest absolute Gasteiger partial charge is 0.408 e. The summed E-state index contributed by atoms with van der Waals surface area (Å²) in [5, 5.41) is 9.56. The SMILES string of the molecule is CCCCCC[S@](=O)CCC(C(=O)OC)N(Cc1ccccc1)C(=O)O. The third kappa shape index (κ3) is 7.99. The fraction of sp³-hybridized carbons (Fsp3) is 0.579. The molecule has 0 aromatic heterocycles. The largest absolute Gasteiger partial charge is 0.467 e. The molecule has 0 spiro atoms. The van der Waals surface area contributed by atoms with Crippen LogP contribution >= 0.6 is 0 Å². The van der Waals surface area contributed by atoms with Crippen LogP contribution in [-0.4, -0.2) is 50.9 Å². The fourth-order valence-electron chi connectivity index (χ4n) is 2.66. The first-order chi connectivity index (χ1) is 12.5. The van der Waals surface area contributed by atoms with Crippen molar-refractivity contribution < 1.29 is 23.6 Å². The summed E-state index contributed by atoms with van der Waals surface area (Å²) in [6, 6.07) is 8.11. The number of methoxy groups -OCH3 is 1.